The second kappa shape index (κ2) is 7.44. The molecule has 1 unspecified atom stereocenters. The molecular weight excluding hydrogens is 248 g/mol. The number of fused-ring (bicyclic) bond motifs is 1. The van der Waals surface area contributed by atoms with Gasteiger partial charge in [0, 0.05) is 0 Å². The van der Waals surface area contributed by atoms with Crippen LogP contribution in [0.4, 0.5) is 0 Å². The Morgan fingerprint density at radius 1 is 1.25 bits per heavy atom. The van der Waals surface area contributed by atoms with Gasteiger partial charge in [-0.3, -0.25) is 4.79 Å². The Kier molecular flexibility index (Phi) is 5.60. The lowest BCUT2D eigenvalue weighted by Gasteiger charge is -2.20. The summed E-state index contributed by atoms with van der Waals surface area (Å²) >= 11 is 0. The van der Waals surface area contributed by atoms with E-state index in [1.165, 1.54) is 42.4 Å². The molecule has 3 nitrogen and oxygen atoms in total. The zero-order chi connectivity index (χ0) is 14.4. The third-order valence-corrected chi connectivity index (χ3v) is 3.96. The minimum Gasteiger partial charge on any atom is -0.348 e. The van der Waals surface area contributed by atoms with Crippen molar-refractivity contribution in [3.63, 3.8) is 0 Å². The molecule has 2 rings (SSSR count). The van der Waals surface area contributed by atoms with Gasteiger partial charge in [0.2, 0.25) is 5.91 Å². The van der Waals surface area contributed by atoms with Crippen molar-refractivity contribution >= 4 is 5.91 Å². The van der Waals surface area contributed by atoms with Crippen LogP contribution in [0.25, 0.3) is 0 Å². The number of hydrogen-bond donors (Lipinski definition) is 2. The maximum atomic E-state index is 11.8. The first-order valence-corrected chi connectivity index (χ1v) is 7.82. The Labute approximate surface area is 122 Å². The van der Waals surface area contributed by atoms with E-state index >= 15 is 0 Å². The molecule has 0 saturated heterocycles. The normalized spacial score (nSPS) is 15.5. The third kappa shape index (κ3) is 4.07. The van der Waals surface area contributed by atoms with Gasteiger partial charge in [-0.2, -0.15) is 0 Å². The van der Waals surface area contributed by atoms with Crippen LogP contribution in [-0.2, 0) is 17.6 Å². The van der Waals surface area contributed by atoms with Crippen molar-refractivity contribution in [1.29, 1.82) is 0 Å². The topological polar surface area (TPSA) is 41.1 Å². The maximum absolute atomic E-state index is 11.8. The molecule has 2 N–H and O–H groups in total. The Morgan fingerprint density at radius 3 is 2.75 bits per heavy atom. The van der Waals surface area contributed by atoms with Gasteiger partial charge >= 0.3 is 0 Å². The molecule has 1 aromatic rings. The Hall–Kier alpha value is -1.35. The van der Waals surface area contributed by atoms with Gasteiger partial charge in [-0.05, 0) is 62.3 Å². The molecule has 0 saturated carbocycles. The third-order valence-electron chi connectivity index (χ3n) is 3.96. The van der Waals surface area contributed by atoms with Crippen molar-refractivity contribution in [2.24, 2.45) is 0 Å². The molecule has 1 aliphatic carbocycles. The smallest absolute Gasteiger partial charge is 0.234 e. The summed E-state index contributed by atoms with van der Waals surface area (Å²) in [7, 11) is 0. The van der Waals surface area contributed by atoms with Crippen LogP contribution in [0.2, 0.25) is 0 Å². The summed E-state index contributed by atoms with van der Waals surface area (Å²) in [6.07, 6.45) is 6.03. The number of carbonyl (C=O) groups excluding carboxylic acids is 1. The van der Waals surface area contributed by atoms with E-state index in [0.717, 1.165) is 13.0 Å². The first kappa shape index (κ1) is 15.0. The molecule has 1 aromatic carbocycles. The molecule has 0 heterocycles. The first-order chi connectivity index (χ1) is 9.70. The molecular formula is C17H26N2O. The number of hydrogen-bond acceptors (Lipinski definition) is 2. The highest BCUT2D eigenvalue weighted by Gasteiger charge is 2.13. The summed E-state index contributed by atoms with van der Waals surface area (Å²) < 4.78 is 0. The van der Waals surface area contributed by atoms with Gasteiger partial charge < -0.3 is 10.6 Å². The first-order valence-electron chi connectivity index (χ1n) is 7.82. The highest BCUT2D eigenvalue weighted by molar-refractivity contribution is 5.78. The van der Waals surface area contributed by atoms with Crippen LogP contribution in [0.15, 0.2) is 18.2 Å². The van der Waals surface area contributed by atoms with Gasteiger partial charge in [-0.1, -0.05) is 25.1 Å². The highest BCUT2D eigenvalue weighted by atomic mass is 16.1. The number of rotatable bonds is 6. The zero-order valence-corrected chi connectivity index (χ0v) is 12.7. The predicted molar refractivity (Wildman–Crippen MR) is 82.8 cm³/mol. The predicted octanol–water partition coefficient (Wildman–Crippen LogP) is 2.74. The summed E-state index contributed by atoms with van der Waals surface area (Å²) in [6, 6.07) is 6.76. The lowest BCUT2D eigenvalue weighted by atomic mass is 9.89. The van der Waals surface area contributed by atoms with E-state index in [4.69, 9.17) is 0 Å². The average molecular weight is 274 g/mol. The van der Waals surface area contributed by atoms with E-state index in [-0.39, 0.29) is 11.9 Å². The van der Waals surface area contributed by atoms with E-state index in [2.05, 4.69) is 42.7 Å². The molecule has 3 heteroatoms. The zero-order valence-electron chi connectivity index (χ0n) is 12.7. The fourth-order valence-corrected chi connectivity index (χ4v) is 2.78. The average Bonchev–Trinajstić information content (AvgIpc) is 2.47. The minimum atomic E-state index is 0.0728. The van der Waals surface area contributed by atoms with Crippen LogP contribution in [0.3, 0.4) is 0 Å². The largest absolute Gasteiger partial charge is 0.348 e. The number of benzene rings is 1. The van der Waals surface area contributed by atoms with Crippen molar-refractivity contribution in [2.75, 3.05) is 13.1 Å². The van der Waals surface area contributed by atoms with Crippen molar-refractivity contribution in [3.8, 4) is 0 Å². The summed E-state index contributed by atoms with van der Waals surface area (Å²) in [4.78, 5) is 11.8. The standard InChI is InChI=1S/C17H26N2O/c1-3-10-18-12-17(20)19-13(2)15-9-8-14-6-4-5-7-16(14)11-15/h8-9,11,13,18H,3-7,10,12H2,1-2H3,(H,19,20). The van der Waals surface area contributed by atoms with Crippen molar-refractivity contribution in [3.05, 3.63) is 34.9 Å². The molecule has 1 amide bonds. The second-order valence-electron chi connectivity index (χ2n) is 5.70. The van der Waals surface area contributed by atoms with E-state index in [0.29, 0.717) is 6.54 Å². The van der Waals surface area contributed by atoms with Crippen LogP contribution < -0.4 is 10.6 Å². The van der Waals surface area contributed by atoms with E-state index in [9.17, 15) is 4.79 Å². The van der Waals surface area contributed by atoms with Crippen LogP contribution in [-0.4, -0.2) is 19.0 Å². The van der Waals surface area contributed by atoms with Crippen LogP contribution in [0.1, 0.15) is 55.8 Å². The van der Waals surface area contributed by atoms with E-state index in [1.807, 2.05) is 0 Å². The summed E-state index contributed by atoms with van der Waals surface area (Å²) in [5, 5.41) is 6.19. The van der Waals surface area contributed by atoms with Gasteiger partial charge in [0.1, 0.15) is 0 Å². The molecule has 0 bridgehead atoms. The molecule has 1 aliphatic rings. The van der Waals surface area contributed by atoms with E-state index in [1.54, 1.807) is 0 Å². The molecule has 110 valence electrons. The summed E-state index contributed by atoms with van der Waals surface area (Å²) in [6.45, 7) is 5.45. The monoisotopic (exact) mass is 274 g/mol. The van der Waals surface area contributed by atoms with E-state index < -0.39 is 0 Å². The Bertz CT molecular complexity index is 456. The van der Waals surface area contributed by atoms with Gasteiger partial charge in [0.25, 0.3) is 0 Å². The molecule has 0 spiro atoms. The van der Waals surface area contributed by atoms with Crippen molar-refractivity contribution in [1.82, 2.24) is 10.6 Å². The number of nitrogens with one attached hydrogen (secondary N) is 2. The molecule has 0 radical (unpaired) electrons. The summed E-state index contributed by atoms with van der Waals surface area (Å²) in [5.41, 5.74) is 4.18. The van der Waals surface area contributed by atoms with Gasteiger partial charge in [0.05, 0.1) is 12.6 Å². The van der Waals surface area contributed by atoms with Crippen LogP contribution >= 0.6 is 0 Å². The Morgan fingerprint density at radius 2 is 2.00 bits per heavy atom. The highest BCUT2D eigenvalue weighted by Crippen LogP contribution is 2.24. The lowest BCUT2D eigenvalue weighted by Crippen LogP contribution is -2.35. The summed E-state index contributed by atoms with van der Waals surface area (Å²) in [5.74, 6) is 0.0728. The molecule has 0 fully saturated rings. The molecule has 0 aromatic heterocycles. The van der Waals surface area contributed by atoms with Gasteiger partial charge in [-0.25, -0.2) is 0 Å². The molecule has 0 aliphatic heterocycles. The fourth-order valence-electron chi connectivity index (χ4n) is 2.78. The second-order valence-corrected chi connectivity index (χ2v) is 5.70. The van der Waals surface area contributed by atoms with Gasteiger partial charge in [-0.15, -0.1) is 0 Å². The van der Waals surface area contributed by atoms with Crippen molar-refractivity contribution in [2.45, 2.75) is 52.0 Å². The number of carbonyl (C=O) groups is 1. The van der Waals surface area contributed by atoms with Crippen molar-refractivity contribution < 1.29 is 4.79 Å². The molecule has 20 heavy (non-hydrogen) atoms. The van der Waals surface area contributed by atoms with Crippen LogP contribution in [0, 0.1) is 0 Å². The van der Waals surface area contributed by atoms with Crippen LogP contribution in [0.5, 0.6) is 0 Å². The quantitative estimate of drug-likeness (QED) is 0.783. The number of amides is 1. The van der Waals surface area contributed by atoms with Gasteiger partial charge in [0.15, 0.2) is 0 Å². The Balaban J connectivity index is 1.91. The number of aryl methyl sites for hydroxylation is 2. The SMILES string of the molecule is CCCNCC(=O)NC(C)c1ccc2c(c1)CCCC2. The minimum absolute atomic E-state index is 0.0728. The maximum Gasteiger partial charge on any atom is 0.234 e. The lowest BCUT2D eigenvalue weighted by molar-refractivity contribution is -0.120. The fraction of sp³-hybridized carbons (Fsp3) is 0.588. The molecule has 1 atom stereocenters.